The zero-order valence-corrected chi connectivity index (χ0v) is 26.8. The molecule has 3 aromatic rings. The van der Waals surface area contributed by atoms with E-state index in [1.807, 2.05) is 31.2 Å². The van der Waals surface area contributed by atoms with E-state index in [0.717, 1.165) is 44.1 Å². The summed E-state index contributed by atoms with van der Waals surface area (Å²) in [5.41, 5.74) is -0.484. The van der Waals surface area contributed by atoms with Crippen molar-refractivity contribution in [3.63, 3.8) is 0 Å². The first-order valence-corrected chi connectivity index (χ1v) is 16.0. The normalized spacial score (nSPS) is 17.7. The Bertz CT molecular complexity index is 1430. The molecule has 1 N–H and O–H groups in total. The quantitative estimate of drug-likeness (QED) is 0.0937. The molecule has 10 heteroatoms. The monoisotopic (exact) mass is 633 g/mol. The number of carbonyl (C=O) groups excluding carboxylic acids is 1. The van der Waals surface area contributed by atoms with Crippen LogP contribution in [0.15, 0.2) is 30.5 Å². The van der Waals surface area contributed by atoms with Crippen molar-refractivity contribution < 1.29 is 31.5 Å². The minimum Gasteiger partial charge on any atom is -0.494 e. The fraction of sp³-hybridized carbons (Fsp3) is 0.543. The SMILES string of the molecule is CCCCOc1ccc(C[C@H](NC(=O)C2CCC(C(C)(C)C)CC2)c2nc(-c3c(F)c(F)c(F)c(F)c3F)cn2CCC)cc1. The van der Waals surface area contributed by atoms with Crippen LogP contribution in [0.1, 0.15) is 97.0 Å². The summed E-state index contributed by atoms with van der Waals surface area (Å²) in [6.45, 7) is 11.6. The summed E-state index contributed by atoms with van der Waals surface area (Å²) in [5, 5.41) is 3.14. The van der Waals surface area contributed by atoms with E-state index in [4.69, 9.17) is 4.74 Å². The number of halogens is 5. The summed E-state index contributed by atoms with van der Waals surface area (Å²) in [6, 6.07) is 6.72. The van der Waals surface area contributed by atoms with E-state index in [-0.39, 0.29) is 29.5 Å². The highest BCUT2D eigenvalue weighted by Gasteiger charge is 2.34. The molecule has 0 bridgehead atoms. The maximum atomic E-state index is 14.8. The maximum absolute atomic E-state index is 14.8. The number of unbranched alkanes of at least 4 members (excludes halogenated alkanes) is 1. The van der Waals surface area contributed by atoms with Crippen LogP contribution in [0.2, 0.25) is 0 Å². The van der Waals surface area contributed by atoms with E-state index < -0.39 is 46.4 Å². The van der Waals surface area contributed by atoms with Crippen molar-refractivity contribution >= 4 is 5.91 Å². The van der Waals surface area contributed by atoms with Crippen molar-refractivity contribution in [1.29, 1.82) is 0 Å². The lowest BCUT2D eigenvalue weighted by atomic mass is 9.69. The van der Waals surface area contributed by atoms with E-state index in [9.17, 15) is 26.7 Å². The zero-order valence-electron chi connectivity index (χ0n) is 26.8. The summed E-state index contributed by atoms with van der Waals surface area (Å²) in [6.07, 6.45) is 7.45. The number of carbonyl (C=O) groups is 1. The molecule has 1 heterocycles. The van der Waals surface area contributed by atoms with Crippen LogP contribution in [-0.4, -0.2) is 22.1 Å². The van der Waals surface area contributed by atoms with E-state index in [1.54, 1.807) is 4.57 Å². The van der Waals surface area contributed by atoms with Gasteiger partial charge in [-0.3, -0.25) is 4.79 Å². The highest BCUT2D eigenvalue weighted by molar-refractivity contribution is 5.79. The van der Waals surface area contributed by atoms with Crippen molar-refractivity contribution in [2.24, 2.45) is 17.3 Å². The van der Waals surface area contributed by atoms with Gasteiger partial charge in [0.05, 0.1) is 23.9 Å². The summed E-state index contributed by atoms with van der Waals surface area (Å²) in [5.74, 6) is -9.04. The Balaban J connectivity index is 1.69. The molecule has 0 aliphatic heterocycles. The van der Waals surface area contributed by atoms with Gasteiger partial charge in [0.1, 0.15) is 11.6 Å². The molecule has 1 atom stereocenters. The Labute approximate surface area is 262 Å². The van der Waals surface area contributed by atoms with Crippen LogP contribution in [-0.2, 0) is 17.8 Å². The minimum atomic E-state index is -2.23. The lowest BCUT2D eigenvalue weighted by molar-refractivity contribution is -0.127. The van der Waals surface area contributed by atoms with Crippen LogP contribution in [0.3, 0.4) is 0 Å². The fourth-order valence-electron chi connectivity index (χ4n) is 6.09. The molecule has 0 saturated heterocycles. The molecule has 1 aliphatic carbocycles. The number of aromatic nitrogens is 2. The number of amides is 1. The van der Waals surface area contributed by atoms with E-state index >= 15 is 0 Å². The van der Waals surface area contributed by atoms with Crippen molar-refractivity contribution in [3.8, 4) is 17.0 Å². The summed E-state index contributed by atoms with van der Waals surface area (Å²) >= 11 is 0. The lowest BCUT2D eigenvalue weighted by Gasteiger charge is -2.36. The molecule has 4 rings (SSSR count). The average molecular weight is 634 g/mol. The smallest absolute Gasteiger partial charge is 0.223 e. The molecule has 0 radical (unpaired) electrons. The molecule has 0 spiro atoms. The summed E-state index contributed by atoms with van der Waals surface area (Å²) < 4.78 is 79.1. The first-order valence-electron chi connectivity index (χ1n) is 16.0. The van der Waals surface area contributed by atoms with Gasteiger partial charge in [-0.05, 0) is 74.0 Å². The number of rotatable bonds is 12. The third-order valence-corrected chi connectivity index (χ3v) is 8.82. The molecule has 1 amide bonds. The molecule has 0 unspecified atom stereocenters. The predicted octanol–water partition coefficient (Wildman–Crippen LogP) is 9.09. The van der Waals surface area contributed by atoms with Crippen LogP contribution in [0.4, 0.5) is 22.0 Å². The highest BCUT2D eigenvalue weighted by atomic mass is 19.2. The molecule has 246 valence electrons. The first kappa shape index (κ1) is 34.4. The number of benzene rings is 2. The van der Waals surface area contributed by atoms with Gasteiger partial charge in [0, 0.05) is 18.7 Å². The molecule has 1 fully saturated rings. The molecule has 1 saturated carbocycles. The van der Waals surface area contributed by atoms with Gasteiger partial charge in [0.25, 0.3) is 0 Å². The van der Waals surface area contributed by atoms with Crippen LogP contribution >= 0.6 is 0 Å². The summed E-state index contributed by atoms with van der Waals surface area (Å²) in [7, 11) is 0. The van der Waals surface area contributed by atoms with Gasteiger partial charge in [-0.15, -0.1) is 0 Å². The van der Waals surface area contributed by atoms with Crippen LogP contribution in [0.25, 0.3) is 11.3 Å². The molecule has 2 aromatic carbocycles. The van der Waals surface area contributed by atoms with Gasteiger partial charge in [-0.1, -0.05) is 53.2 Å². The Hall–Kier alpha value is -3.43. The third-order valence-electron chi connectivity index (χ3n) is 8.82. The Kier molecular flexibility index (Phi) is 11.3. The number of hydrogen-bond donors (Lipinski definition) is 1. The highest BCUT2D eigenvalue weighted by Crippen LogP contribution is 2.40. The maximum Gasteiger partial charge on any atom is 0.223 e. The minimum absolute atomic E-state index is 0.143. The van der Waals surface area contributed by atoms with Gasteiger partial charge < -0.3 is 14.6 Å². The van der Waals surface area contributed by atoms with E-state index in [1.165, 1.54) is 6.20 Å². The molecule has 1 aliphatic rings. The van der Waals surface area contributed by atoms with Gasteiger partial charge >= 0.3 is 0 Å². The number of aryl methyl sites for hydroxylation is 1. The molecular formula is C35H44F5N3O2. The molecule has 5 nitrogen and oxygen atoms in total. The Morgan fingerprint density at radius 1 is 0.933 bits per heavy atom. The molecule has 45 heavy (non-hydrogen) atoms. The Morgan fingerprint density at radius 2 is 1.53 bits per heavy atom. The fourth-order valence-corrected chi connectivity index (χ4v) is 6.09. The number of nitrogens with one attached hydrogen (secondary N) is 1. The van der Waals surface area contributed by atoms with Crippen LogP contribution in [0.5, 0.6) is 5.75 Å². The van der Waals surface area contributed by atoms with E-state index in [0.29, 0.717) is 31.2 Å². The standard InChI is InChI=1S/C35H44F5N3O2/c1-6-8-18-45-24-15-9-21(10-16-24)19-25(42-34(44)22-11-13-23(14-12-22)35(3,4)5)33-41-26(20-43(33)17-7-2)27-28(36)30(38)32(40)31(39)29(27)37/h9-10,15-16,20,22-23,25H,6-8,11-14,17-19H2,1-5H3,(H,42,44)/t22?,23?,25-/m0/s1. The van der Waals surface area contributed by atoms with Crippen molar-refractivity contribution in [2.75, 3.05) is 6.61 Å². The molecular weight excluding hydrogens is 589 g/mol. The largest absolute Gasteiger partial charge is 0.494 e. The van der Waals surface area contributed by atoms with Crippen molar-refractivity contribution in [2.45, 2.75) is 98.6 Å². The van der Waals surface area contributed by atoms with Crippen LogP contribution < -0.4 is 10.1 Å². The number of nitrogens with zero attached hydrogens (tertiary/aromatic N) is 2. The zero-order chi connectivity index (χ0) is 32.9. The number of imidazole rings is 1. The second kappa shape index (κ2) is 14.8. The van der Waals surface area contributed by atoms with Gasteiger partial charge in [0.2, 0.25) is 11.7 Å². The summed E-state index contributed by atoms with van der Waals surface area (Å²) in [4.78, 5) is 18.1. The predicted molar refractivity (Wildman–Crippen MR) is 164 cm³/mol. The number of ether oxygens (including phenoxy) is 1. The van der Waals surface area contributed by atoms with Gasteiger partial charge in [-0.25, -0.2) is 26.9 Å². The van der Waals surface area contributed by atoms with Crippen molar-refractivity contribution in [3.05, 3.63) is 70.9 Å². The van der Waals surface area contributed by atoms with Crippen LogP contribution in [0, 0.1) is 46.3 Å². The van der Waals surface area contributed by atoms with Gasteiger partial charge in [-0.2, -0.15) is 0 Å². The second-order valence-electron chi connectivity index (χ2n) is 13.1. The molecule has 1 aromatic heterocycles. The van der Waals surface area contributed by atoms with Crippen molar-refractivity contribution in [1.82, 2.24) is 14.9 Å². The topological polar surface area (TPSA) is 56.1 Å². The first-order chi connectivity index (χ1) is 21.3. The third kappa shape index (κ3) is 8.05. The lowest BCUT2D eigenvalue weighted by Crippen LogP contribution is -2.38. The number of hydrogen-bond acceptors (Lipinski definition) is 3. The Morgan fingerprint density at radius 3 is 2.09 bits per heavy atom. The average Bonchev–Trinajstić information content (AvgIpc) is 3.42. The van der Waals surface area contributed by atoms with Gasteiger partial charge in [0.15, 0.2) is 23.3 Å². The second-order valence-corrected chi connectivity index (χ2v) is 13.1. The van der Waals surface area contributed by atoms with E-state index in [2.05, 4.69) is 38.0 Å².